The summed E-state index contributed by atoms with van der Waals surface area (Å²) in [6, 6.07) is 9.94. The average Bonchev–Trinajstić information content (AvgIpc) is 2.65. The summed E-state index contributed by atoms with van der Waals surface area (Å²) < 4.78 is 49.1. The second-order valence-corrected chi connectivity index (χ2v) is 8.05. The largest absolute Gasteiger partial charge is 0.497 e. The van der Waals surface area contributed by atoms with E-state index in [4.69, 9.17) is 9.47 Å². The van der Waals surface area contributed by atoms with Gasteiger partial charge in [-0.25, -0.2) is 12.8 Å². The molecule has 152 valence electrons. The summed E-state index contributed by atoms with van der Waals surface area (Å²) in [5.41, 5.74) is 0.883. The van der Waals surface area contributed by atoms with Crippen LogP contribution in [0.1, 0.15) is 18.5 Å². The SMILES string of the molecule is COc1ccc(OC)c(N(CC(=O)NC(C)c2ccc(F)cc2)S(C)(=O)=O)c1. The molecule has 0 radical (unpaired) electrons. The molecule has 0 heterocycles. The number of sulfonamides is 1. The Morgan fingerprint density at radius 2 is 1.79 bits per heavy atom. The van der Waals surface area contributed by atoms with Crippen LogP contribution >= 0.6 is 0 Å². The van der Waals surface area contributed by atoms with E-state index in [-0.39, 0.29) is 17.3 Å². The Labute approximate surface area is 164 Å². The summed E-state index contributed by atoms with van der Waals surface area (Å²) in [6.45, 7) is 1.27. The van der Waals surface area contributed by atoms with Crippen molar-refractivity contribution in [2.45, 2.75) is 13.0 Å². The van der Waals surface area contributed by atoms with E-state index in [0.717, 1.165) is 10.6 Å². The first kappa shape index (κ1) is 21.5. The number of halogens is 1. The molecule has 2 aromatic carbocycles. The summed E-state index contributed by atoms with van der Waals surface area (Å²) in [5.74, 6) is -0.196. The van der Waals surface area contributed by atoms with Gasteiger partial charge in [0.1, 0.15) is 23.9 Å². The van der Waals surface area contributed by atoms with E-state index < -0.39 is 28.5 Å². The number of ether oxygens (including phenoxy) is 2. The molecule has 2 aromatic rings. The van der Waals surface area contributed by atoms with E-state index in [2.05, 4.69) is 5.32 Å². The van der Waals surface area contributed by atoms with Gasteiger partial charge in [0, 0.05) is 6.07 Å². The zero-order chi connectivity index (χ0) is 20.9. The van der Waals surface area contributed by atoms with Crippen molar-refractivity contribution in [2.24, 2.45) is 0 Å². The molecule has 0 aromatic heterocycles. The molecular formula is C19H23FN2O5S. The Morgan fingerprint density at radius 1 is 1.14 bits per heavy atom. The van der Waals surface area contributed by atoms with Gasteiger partial charge in [-0.2, -0.15) is 0 Å². The first-order valence-electron chi connectivity index (χ1n) is 8.40. The summed E-state index contributed by atoms with van der Waals surface area (Å²) >= 11 is 0. The highest BCUT2D eigenvalue weighted by Gasteiger charge is 2.25. The maximum absolute atomic E-state index is 13.1. The third kappa shape index (κ3) is 5.35. The molecule has 0 saturated carbocycles. The summed E-state index contributed by atoms with van der Waals surface area (Å²) in [4.78, 5) is 12.5. The molecule has 0 spiro atoms. The summed E-state index contributed by atoms with van der Waals surface area (Å²) in [6.07, 6.45) is 1.00. The van der Waals surface area contributed by atoms with Gasteiger partial charge in [0.05, 0.1) is 32.2 Å². The van der Waals surface area contributed by atoms with Gasteiger partial charge in [-0.1, -0.05) is 12.1 Å². The highest BCUT2D eigenvalue weighted by Crippen LogP contribution is 2.33. The summed E-state index contributed by atoms with van der Waals surface area (Å²) in [5, 5.41) is 2.71. The van der Waals surface area contributed by atoms with Crippen LogP contribution in [-0.2, 0) is 14.8 Å². The average molecular weight is 410 g/mol. The second-order valence-electron chi connectivity index (χ2n) is 6.15. The van der Waals surface area contributed by atoms with Crippen molar-refractivity contribution in [1.82, 2.24) is 5.32 Å². The molecular weight excluding hydrogens is 387 g/mol. The van der Waals surface area contributed by atoms with Crippen LogP contribution in [0.3, 0.4) is 0 Å². The maximum Gasteiger partial charge on any atom is 0.241 e. The van der Waals surface area contributed by atoms with Crippen LogP contribution in [0.5, 0.6) is 11.5 Å². The van der Waals surface area contributed by atoms with Gasteiger partial charge in [0.2, 0.25) is 15.9 Å². The van der Waals surface area contributed by atoms with E-state index in [1.54, 1.807) is 31.2 Å². The number of carbonyl (C=O) groups excluding carboxylic acids is 1. The van der Waals surface area contributed by atoms with Gasteiger partial charge in [0.15, 0.2) is 0 Å². The van der Waals surface area contributed by atoms with Crippen molar-refractivity contribution >= 4 is 21.6 Å². The maximum atomic E-state index is 13.1. The third-order valence-electron chi connectivity index (χ3n) is 4.09. The predicted molar refractivity (Wildman–Crippen MR) is 105 cm³/mol. The Balaban J connectivity index is 2.25. The zero-order valence-electron chi connectivity index (χ0n) is 16.1. The van der Waals surface area contributed by atoms with Crippen LogP contribution in [0.2, 0.25) is 0 Å². The number of benzene rings is 2. The third-order valence-corrected chi connectivity index (χ3v) is 5.22. The Bertz CT molecular complexity index is 932. The molecule has 0 aliphatic carbocycles. The van der Waals surface area contributed by atoms with Gasteiger partial charge in [-0.15, -0.1) is 0 Å². The first-order chi connectivity index (χ1) is 13.2. The number of amides is 1. The van der Waals surface area contributed by atoms with Crippen molar-refractivity contribution in [1.29, 1.82) is 0 Å². The number of hydrogen-bond acceptors (Lipinski definition) is 5. The number of nitrogens with one attached hydrogen (secondary N) is 1. The number of anilines is 1. The fraction of sp³-hybridized carbons (Fsp3) is 0.316. The van der Waals surface area contributed by atoms with Gasteiger partial charge >= 0.3 is 0 Å². The Morgan fingerprint density at radius 3 is 2.32 bits per heavy atom. The first-order valence-corrected chi connectivity index (χ1v) is 10.2. The molecule has 28 heavy (non-hydrogen) atoms. The van der Waals surface area contributed by atoms with Crippen molar-refractivity contribution in [3.05, 3.63) is 53.8 Å². The molecule has 0 aliphatic rings. The van der Waals surface area contributed by atoms with Crippen molar-refractivity contribution < 1.29 is 27.1 Å². The number of rotatable bonds is 8. The van der Waals surface area contributed by atoms with Crippen molar-refractivity contribution in [3.63, 3.8) is 0 Å². The highest BCUT2D eigenvalue weighted by molar-refractivity contribution is 7.92. The molecule has 1 amide bonds. The number of hydrogen-bond donors (Lipinski definition) is 1. The quantitative estimate of drug-likeness (QED) is 0.723. The van der Waals surface area contributed by atoms with Crippen LogP contribution in [0.4, 0.5) is 10.1 Å². The molecule has 0 bridgehead atoms. The lowest BCUT2D eigenvalue weighted by Gasteiger charge is -2.25. The lowest BCUT2D eigenvalue weighted by molar-refractivity contribution is -0.120. The molecule has 2 rings (SSSR count). The monoisotopic (exact) mass is 410 g/mol. The van der Waals surface area contributed by atoms with E-state index in [1.807, 2.05) is 0 Å². The lowest BCUT2D eigenvalue weighted by Crippen LogP contribution is -2.41. The molecule has 9 heteroatoms. The molecule has 7 nitrogen and oxygen atoms in total. The minimum atomic E-state index is -3.79. The van der Waals surface area contributed by atoms with E-state index in [0.29, 0.717) is 11.3 Å². The van der Waals surface area contributed by atoms with Crippen LogP contribution in [0.25, 0.3) is 0 Å². The molecule has 0 aliphatic heterocycles. The number of methoxy groups -OCH3 is 2. The lowest BCUT2D eigenvalue weighted by atomic mass is 10.1. The number of carbonyl (C=O) groups is 1. The predicted octanol–water partition coefficient (Wildman–Crippen LogP) is 2.49. The van der Waals surface area contributed by atoms with E-state index >= 15 is 0 Å². The van der Waals surface area contributed by atoms with Gasteiger partial charge in [-0.05, 0) is 36.8 Å². The molecule has 1 unspecified atom stereocenters. The van der Waals surface area contributed by atoms with Crippen LogP contribution in [0, 0.1) is 5.82 Å². The minimum absolute atomic E-state index is 0.189. The van der Waals surface area contributed by atoms with Gasteiger partial charge in [0.25, 0.3) is 0 Å². The zero-order valence-corrected chi connectivity index (χ0v) is 16.9. The van der Waals surface area contributed by atoms with E-state index in [9.17, 15) is 17.6 Å². The van der Waals surface area contributed by atoms with Crippen molar-refractivity contribution in [3.8, 4) is 11.5 Å². The molecule has 0 saturated heterocycles. The fourth-order valence-electron chi connectivity index (χ4n) is 2.63. The van der Waals surface area contributed by atoms with Crippen LogP contribution < -0.4 is 19.1 Å². The Kier molecular flexibility index (Phi) is 6.85. The fourth-order valence-corrected chi connectivity index (χ4v) is 3.48. The van der Waals surface area contributed by atoms with Crippen LogP contribution in [0.15, 0.2) is 42.5 Å². The standard InChI is InChI=1S/C19H23FN2O5S/c1-13(14-5-7-15(20)8-6-14)21-19(23)12-22(28(4,24)25)17-11-16(26-2)9-10-18(17)27-3/h5-11,13H,12H2,1-4H3,(H,21,23). The highest BCUT2D eigenvalue weighted by atomic mass is 32.2. The topological polar surface area (TPSA) is 84.9 Å². The minimum Gasteiger partial charge on any atom is -0.497 e. The van der Waals surface area contributed by atoms with Crippen LogP contribution in [-0.4, -0.2) is 41.3 Å². The summed E-state index contributed by atoms with van der Waals surface area (Å²) in [7, 11) is -0.932. The Hall–Kier alpha value is -2.81. The smallest absolute Gasteiger partial charge is 0.241 e. The number of nitrogens with zero attached hydrogens (tertiary/aromatic N) is 1. The molecule has 0 fully saturated rings. The molecule has 1 N–H and O–H groups in total. The van der Waals surface area contributed by atoms with Gasteiger partial charge in [-0.3, -0.25) is 9.10 Å². The van der Waals surface area contributed by atoms with E-state index in [1.165, 1.54) is 32.4 Å². The van der Waals surface area contributed by atoms with Crippen molar-refractivity contribution in [2.75, 3.05) is 31.3 Å². The van der Waals surface area contributed by atoms with Gasteiger partial charge < -0.3 is 14.8 Å². The second kappa shape index (κ2) is 8.92. The molecule has 1 atom stereocenters. The normalized spacial score (nSPS) is 12.2.